The third-order valence-electron chi connectivity index (χ3n) is 3.75. The Kier molecular flexibility index (Phi) is 5.79. The summed E-state index contributed by atoms with van der Waals surface area (Å²) in [6.45, 7) is 4.99. The van der Waals surface area contributed by atoms with Gasteiger partial charge in [-0.15, -0.1) is 12.4 Å². The Labute approximate surface area is 120 Å². The van der Waals surface area contributed by atoms with E-state index in [4.69, 9.17) is 11.5 Å². The van der Waals surface area contributed by atoms with E-state index in [1.165, 1.54) is 12.0 Å². The second-order valence-electron chi connectivity index (χ2n) is 5.18. The van der Waals surface area contributed by atoms with Gasteiger partial charge in [0.1, 0.15) is 0 Å². The molecule has 0 bridgehead atoms. The normalized spacial score (nSPS) is 23.1. The van der Waals surface area contributed by atoms with Crippen molar-refractivity contribution in [2.45, 2.75) is 25.9 Å². The largest absolute Gasteiger partial charge is 0.366 e. The molecule has 0 aromatic heterocycles. The number of benzene rings is 1. The Morgan fingerprint density at radius 1 is 1.37 bits per heavy atom. The highest BCUT2D eigenvalue weighted by atomic mass is 35.5. The van der Waals surface area contributed by atoms with Crippen LogP contribution in [-0.2, 0) is 6.54 Å². The van der Waals surface area contributed by atoms with Crippen molar-refractivity contribution in [2.75, 3.05) is 13.1 Å². The molecule has 5 heteroatoms. The van der Waals surface area contributed by atoms with Gasteiger partial charge in [0.2, 0.25) is 5.91 Å². The molecule has 1 heterocycles. The number of carbonyl (C=O) groups is 1. The molecule has 4 nitrogen and oxygen atoms in total. The van der Waals surface area contributed by atoms with Gasteiger partial charge in [0.05, 0.1) is 0 Å². The zero-order valence-corrected chi connectivity index (χ0v) is 12.0. The maximum Gasteiger partial charge on any atom is 0.248 e. The third kappa shape index (κ3) is 3.93. The van der Waals surface area contributed by atoms with Crippen molar-refractivity contribution in [3.63, 3.8) is 0 Å². The van der Waals surface area contributed by atoms with Crippen LogP contribution in [-0.4, -0.2) is 29.9 Å². The first-order valence-electron chi connectivity index (χ1n) is 6.43. The Morgan fingerprint density at radius 3 is 2.47 bits per heavy atom. The van der Waals surface area contributed by atoms with Gasteiger partial charge in [0.15, 0.2) is 0 Å². The third-order valence-corrected chi connectivity index (χ3v) is 3.75. The van der Waals surface area contributed by atoms with E-state index in [1.54, 1.807) is 12.1 Å². The lowest BCUT2D eigenvalue weighted by atomic mass is 10.1. The van der Waals surface area contributed by atoms with Gasteiger partial charge in [0.25, 0.3) is 0 Å². The molecule has 2 rings (SSSR count). The van der Waals surface area contributed by atoms with Gasteiger partial charge in [0, 0.05) is 24.7 Å². The van der Waals surface area contributed by atoms with Crippen LogP contribution in [0.5, 0.6) is 0 Å². The van der Waals surface area contributed by atoms with Gasteiger partial charge in [-0.2, -0.15) is 0 Å². The Balaban J connectivity index is 0.00000180. The van der Waals surface area contributed by atoms with E-state index in [0.717, 1.165) is 19.6 Å². The fraction of sp³-hybridized carbons (Fsp3) is 0.500. The number of carbonyl (C=O) groups excluding carboxylic acids is 1. The smallest absolute Gasteiger partial charge is 0.248 e. The summed E-state index contributed by atoms with van der Waals surface area (Å²) < 4.78 is 0. The number of nitrogens with zero attached hydrogens (tertiary/aromatic N) is 1. The van der Waals surface area contributed by atoms with E-state index in [9.17, 15) is 4.79 Å². The van der Waals surface area contributed by atoms with E-state index in [-0.39, 0.29) is 18.3 Å². The zero-order chi connectivity index (χ0) is 13.1. The molecule has 1 fully saturated rings. The number of rotatable bonds is 4. The SMILES string of the molecule is CC1CC(CN)CN1Cc1ccc(C(N)=O)cc1.Cl. The molecule has 1 saturated heterocycles. The summed E-state index contributed by atoms with van der Waals surface area (Å²) in [6, 6.07) is 8.11. The standard InChI is InChI=1S/C14H21N3O.ClH/c1-10-6-12(7-15)9-17(10)8-11-2-4-13(5-3-11)14(16)18;/h2-5,10,12H,6-9,15H2,1H3,(H2,16,18);1H. The van der Waals surface area contributed by atoms with Crippen molar-refractivity contribution in [3.05, 3.63) is 35.4 Å². The highest BCUT2D eigenvalue weighted by molar-refractivity contribution is 5.92. The monoisotopic (exact) mass is 283 g/mol. The summed E-state index contributed by atoms with van der Waals surface area (Å²) in [5, 5.41) is 0. The van der Waals surface area contributed by atoms with Crippen LogP contribution < -0.4 is 11.5 Å². The first-order valence-corrected chi connectivity index (χ1v) is 6.43. The summed E-state index contributed by atoms with van der Waals surface area (Å²) >= 11 is 0. The minimum absolute atomic E-state index is 0. The van der Waals surface area contributed by atoms with Crippen molar-refractivity contribution < 1.29 is 4.79 Å². The molecule has 1 aromatic carbocycles. The summed E-state index contributed by atoms with van der Waals surface area (Å²) in [6.07, 6.45) is 1.18. The lowest BCUT2D eigenvalue weighted by Crippen LogP contribution is -2.27. The van der Waals surface area contributed by atoms with Crippen LogP contribution in [0.25, 0.3) is 0 Å². The van der Waals surface area contributed by atoms with Gasteiger partial charge in [-0.05, 0) is 43.5 Å². The van der Waals surface area contributed by atoms with Gasteiger partial charge in [-0.25, -0.2) is 0 Å². The van der Waals surface area contributed by atoms with Crippen molar-refractivity contribution in [3.8, 4) is 0 Å². The predicted molar refractivity (Wildman–Crippen MR) is 79.2 cm³/mol. The Bertz CT molecular complexity index is 421. The molecule has 1 aliphatic heterocycles. The summed E-state index contributed by atoms with van der Waals surface area (Å²) in [4.78, 5) is 13.4. The van der Waals surface area contributed by atoms with Crippen molar-refractivity contribution >= 4 is 18.3 Å². The molecule has 0 saturated carbocycles. The van der Waals surface area contributed by atoms with Gasteiger partial charge in [-0.3, -0.25) is 9.69 Å². The molecule has 1 aromatic rings. The minimum atomic E-state index is -0.376. The summed E-state index contributed by atoms with van der Waals surface area (Å²) in [5.41, 5.74) is 12.7. The maximum atomic E-state index is 11.0. The van der Waals surface area contributed by atoms with E-state index in [0.29, 0.717) is 17.5 Å². The van der Waals surface area contributed by atoms with Crippen LogP contribution in [0.15, 0.2) is 24.3 Å². The molecule has 4 N–H and O–H groups in total. The molecule has 2 atom stereocenters. The maximum absolute atomic E-state index is 11.0. The lowest BCUT2D eigenvalue weighted by molar-refractivity contribution is 0.100. The molecular formula is C14H22ClN3O. The lowest BCUT2D eigenvalue weighted by Gasteiger charge is -2.21. The van der Waals surface area contributed by atoms with Gasteiger partial charge < -0.3 is 11.5 Å². The summed E-state index contributed by atoms with van der Waals surface area (Å²) in [7, 11) is 0. The Morgan fingerprint density at radius 2 is 2.00 bits per heavy atom. The molecule has 1 aliphatic rings. The van der Waals surface area contributed by atoms with Crippen LogP contribution in [0.1, 0.15) is 29.3 Å². The molecule has 106 valence electrons. The molecular weight excluding hydrogens is 262 g/mol. The summed E-state index contributed by atoms with van der Waals surface area (Å²) in [5.74, 6) is 0.240. The van der Waals surface area contributed by atoms with Crippen LogP contribution in [0.3, 0.4) is 0 Å². The average molecular weight is 284 g/mol. The predicted octanol–water partition coefficient (Wildman–Crippen LogP) is 1.38. The van der Waals surface area contributed by atoms with Crippen molar-refractivity contribution in [2.24, 2.45) is 17.4 Å². The first kappa shape index (κ1) is 16.0. The van der Waals surface area contributed by atoms with E-state index in [1.807, 2.05) is 12.1 Å². The number of nitrogens with two attached hydrogens (primary N) is 2. The highest BCUT2D eigenvalue weighted by Gasteiger charge is 2.27. The van der Waals surface area contributed by atoms with Gasteiger partial charge in [-0.1, -0.05) is 12.1 Å². The highest BCUT2D eigenvalue weighted by Crippen LogP contribution is 2.24. The van der Waals surface area contributed by atoms with Crippen molar-refractivity contribution in [1.82, 2.24) is 4.90 Å². The topological polar surface area (TPSA) is 72.3 Å². The number of likely N-dealkylation sites (tertiary alicyclic amines) is 1. The number of halogens is 1. The van der Waals surface area contributed by atoms with Crippen LogP contribution in [0.2, 0.25) is 0 Å². The number of primary amides is 1. The second-order valence-corrected chi connectivity index (χ2v) is 5.18. The second kappa shape index (κ2) is 6.89. The van der Waals surface area contributed by atoms with Crippen LogP contribution in [0, 0.1) is 5.92 Å². The van der Waals surface area contributed by atoms with E-state index in [2.05, 4.69) is 11.8 Å². The van der Waals surface area contributed by atoms with Crippen molar-refractivity contribution in [1.29, 1.82) is 0 Å². The van der Waals surface area contributed by atoms with E-state index < -0.39 is 0 Å². The number of amides is 1. The molecule has 1 amide bonds. The minimum Gasteiger partial charge on any atom is -0.366 e. The molecule has 0 spiro atoms. The first-order chi connectivity index (χ1) is 8.60. The molecule has 0 radical (unpaired) electrons. The molecule has 19 heavy (non-hydrogen) atoms. The van der Waals surface area contributed by atoms with E-state index >= 15 is 0 Å². The van der Waals surface area contributed by atoms with Gasteiger partial charge >= 0.3 is 0 Å². The molecule has 2 unspecified atom stereocenters. The fourth-order valence-electron chi connectivity index (χ4n) is 2.62. The average Bonchev–Trinajstić information content (AvgIpc) is 2.71. The van der Waals surface area contributed by atoms with Crippen LogP contribution in [0.4, 0.5) is 0 Å². The van der Waals surface area contributed by atoms with Crippen LogP contribution >= 0.6 is 12.4 Å². The number of hydrogen-bond donors (Lipinski definition) is 2. The Hall–Kier alpha value is -1.10. The fourth-order valence-corrected chi connectivity index (χ4v) is 2.62. The molecule has 0 aliphatic carbocycles. The zero-order valence-electron chi connectivity index (χ0n) is 11.2. The number of hydrogen-bond acceptors (Lipinski definition) is 3. The quantitative estimate of drug-likeness (QED) is 0.877.